The number of carbonyl (C=O) groups excluding carboxylic acids is 1. The number of hydrogen-bond donors (Lipinski definition) is 1. The maximum absolute atomic E-state index is 12.1. The second-order valence-electron chi connectivity index (χ2n) is 9.24. The summed E-state index contributed by atoms with van der Waals surface area (Å²) in [7, 11) is 1.63. The van der Waals surface area contributed by atoms with E-state index in [2.05, 4.69) is 25.2 Å². The van der Waals surface area contributed by atoms with Crippen LogP contribution in [-0.4, -0.2) is 13.1 Å². The smallest absolute Gasteiger partial charge is 0.303 e. The Hall–Kier alpha value is -3.18. The minimum absolute atomic E-state index is 0.219. The largest absolute Gasteiger partial charge is 0.493 e. The number of methoxy groups -OCH3 is 1. The molecule has 4 rings (SSSR count). The van der Waals surface area contributed by atoms with Gasteiger partial charge in [0, 0.05) is 39.7 Å². The Morgan fingerprint density at radius 2 is 1.82 bits per heavy atom. The first-order chi connectivity index (χ1) is 16.2. The predicted molar refractivity (Wildman–Crippen MR) is 135 cm³/mol. The van der Waals surface area contributed by atoms with Crippen molar-refractivity contribution in [1.82, 2.24) is 0 Å². The van der Waals surface area contributed by atoms with E-state index >= 15 is 0 Å². The summed E-state index contributed by atoms with van der Waals surface area (Å²) in [6.07, 6.45) is -0.436. The summed E-state index contributed by atoms with van der Waals surface area (Å²) in [5, 5.41) is 4.33. The predicted octanol–water partition coefficient (Wildman–Crippen LogP) is 7.03. The molecule has 0 bridgehead atoms. The maximum Gasteiger partial charge on any atom is 0.303 e. The van der Waals surface area contributed by atoms with E-state index in [1.54, 1.807) is 7.11 Å². The average molecular weight is 480 g/mol. The lowest BCUT2D eigenvalue weighted by Gasteiger charge is -2.46. The molecule has 1 N–H and O–H groups in total. The standard InChI is InChI=1S/C28H30ClNO4/c1-17-13-14-23-21(15-17)27(34-18(2)31)28(3,4)26(30-23)20-10-8-12-24(32-5)25(20)33-16-19-9-6-7-11-22(19)29/h6-15,26-27,30H,16H2,1-5H3. The van der Waals surface area contributed by atoms with E-state index in [1.165, 1.54) is 6.92 Å². The summed E-state index contributed by atoms with van der Waals surface area (Å²) in [4.78, 5) is 12.1. The van der Waals surface area contributed by atoms with Gasteiger partial charge in [0.1, 0.15) is 12.7 Å². The number of carbonyl (C=O) groups is 1. The number of fused-ring (bicyclic) bond motifs is 1. The summed E-state index contributed by atoms with van der Waals surface area (Å²) in [5.74, 6) is 0.945. The van der Waals surface area contributed by atoms with E-state index in [0.29, 0.717) is 23.1 Å². The van der Waals surface area contributed by atoms with E-state index in [1.807, 2.05) is 61.5 Å². The van der Waals surface area contributed by atoms with Crippen LogP contribution in [0.25, 0.3) is 0 Å². The zero-order valence-electron chi connectivity index (χ0n) is 20.1. The van der Waals surface area contributed by atoms with E-state index in [4.69, 9.17) is 25.8 Å². The molecule has 0 radical (unpaired) electrons. The third kappa shape index (κ3) is 4.58. The highest BCUT2D eigenvalue weighted by Gasteiger charge is 2.47. The summed E-state index contributed by atoms with van der Waals surface area (Å²) >= 11 is 6.36. The van der Waals surface area contributed by atoms with Crippen molar-refractivity contribution in [2.45, 2.75) is 46.4 Å². The molecule has 1 aliphatic heterocycles. The number of ether oxygens (including phenoxy) is 3. The van der Waals surface area contributed by atoms with E-state index < -0.39 is 11.5 Å². The normalized spacial score (nSPS) is 18.4. The highest BCUT2D eigenvalue weighted by molar-refractivity contribution is 6.31. The maximum atomic E-state index is 12.1. The van der Waals surface area contributed by atoms with Crippen LogP contribution in [-0.2, 0) is 16.1 Å². The van der Waals surface area contributed by atoms with Gasteiger partial charge in [0.15, 0.2) is 11.5 Å². The third-order valence-corrected chi connectivity index (χ3v) is 6.73. The highest BCUT2D eigenvalue weighted by atomic mass is 35.5. The molecule has 2 atom stereocenters. The molecule has 178 valence electrons. The number of halogens is 1. The fourth-order valence-electron chi connectivity index (χ4n) is 4.62. The Labute approximate surface area is 206 Å². The average Bonchev–Trinajstić information content (AvgIpc) is 2.80. The quantitative estimate of drug-likeness (QED) is 0.384. The first-order valence-electron chi connectivity index (χ1n) is 11.3. The van der Waals surface area contributed by atoms with Crippen LogP contribution in [0.5, 0.6) is 11.5 Å². The molecule has 34 heavy (non-hydrogen) atoms. The molecular weight excluding hydrogens is 450 g/mol. The van der Waals surface area contributed by atoms with Crippen LogP contribution in [0.2, 0.25) is 5.02 Å². The molecule has 0 spiro atoms. The van der Waals surface area contributed by atoms with Crippen LogP contribution in [0.4, 0.5) is 5.69 Å². The molecular formula is C28H30ClNO4. The number of benzene rings is 3. The van der Waals surface area contributed by atoms with Crippen molar-refractivity contribution in [2.24, 2.45) is 5.41 Å². The molecule has 3 aromatic rings. The minimum atomic E-state index is -0.499. The zero-order chi connectivity index (χ0) is 24.5. The van der Waals surface area contributed by atoms with Crippen molar-refractivity contribution in [1.29, 1.82) is 0 Å². The Balaban J connectivity index is 1.79. The van der Waals surface area contributed by atoms with Gasteiger partial charge in [0.05, 0.1) is 13.2 Å². The van der Waals surface area contributed by atoms with Crippen LogP contribution in [0.1, 0.15) is 55.2 Å². The van der Waals surface area contributed by atoms with Crippen LogP contribution < -0.4 is 14.8 Å². The van der Waals surface area contributed by atoms with Crippen molar-refractivity contribution in [3.63, 3.8) is 0 Å². The zero-order valence-corrected chi connectivity index (χ0v) is 20.9. The summed E-state index contributed by atoms with van der Waals surface area (Å²) in [6.45, 7) is 7.98. The Kier molecular flexibility index (Phi) is 6.76. The van der Waals surface area contributed by atoms with Crippen LogP contribution in [0.3, 0.4) is 0 Å². The van der Waals surface area contributed by atoms with Crippen molar-refractivity contribution in [3.05, 3.63) is 87.9 Å². The molecule has 0 fully saturated rings. The van der Waals surface area contributed by atoms with Gasteiger partial charge in [-0.1, -0.05) is 73.5 Å². The van der Waals surface area contributed by atoms with E-state index in [-0.39, 0.29) is 12.0 Å². The minimum Gasteiger partial charge on any atom is -0.493 e. The molecule has 1 aliphatic rings. The van der Waals surface area contributed by atoms with Gasteiger partial charge in [-0.3, -0.25) is 4.79 Å². The van der Waals surface area contributed by atoms with Gasteiger partial charge in [-0.25, -0.2) is 0 Å². The molecule has 3 aromatic carbocycles. The lowest BCUT2D eigenvalue weighted by molar-refractivity contribution is -0.154. The van der Waals surface area contributed by atoms with E-state index in [0.717, 1.165) is 27.9 Å². The molecule has 0 saturated carbocycles. The van der Waals surface area contributed by atoms with Gasteiger partial charge >= 0.3 is 5.97 Å². The Morgan fingerprint density at radius 1 is 1.06 bits per heavy atom. The second-order valence-corrected chi connectivity index (χ2v) is 9.64. The third-order valence-electron chi connectivity index (χ3n) is 6.36. The summed E-state index contributed by atoms with van der Waals surface area (Å²) in [5.41, 5.74) is 4.31. The fraction of sp³-hybridized carbons (Fsp3) is 0.321. The molecule has 0 saturated heterocycles. The summed E-state index contributed by atoms with van der Waals surface area (Å²) < 4.78 is 17.9. The van der Waals surface area contributed by atoms with Crippen molar-refractivity contribution in [2.75, 3.05) is 12.4 Å². The van der Waals surface area contributed by atoms with Crippen LogP contribution in [0, 0.1) is 12.3 Å². The van der Waals surface area contributed by atoms with Crippen molar-refractivity contribution in [3.8, 4) is 11.5 Å². The molecule has 0 amide bonds. The molecule has 0 aromatic heterocycles. The number of para-hydroxylation sites is 1. The number of rotatable bonds is 6. The highest BCUT2D eigenvalue weighted by Crippen LogP contribution is 2.55. The lowest BCUT2D eigenvalue weighted by atomic mass is 9.70. The van der Waals surface area contributed by atoms with E-state index in [9.17, 15) is 4.79 Å². The number of hydrogen-bond acceptors (Lipinski definition) is 5. The number of esters is 1. The van der Waals surface area contributed by atoms with Gasteiger partial charge in [-0.2, -0.15) is 0 Å². The van der Waals surface area contributed by atoms with Crippen molar-refractivity contribution < 1.29 is 19.0 Å². The summed E-state index contributed by atoms with van der Waals surface area (Å²) in [6, 6.07) is 19.4. The van der Waals surface area contributed by atoms with Crippen molar-refractivity contribution >= 4 is 23.3 Å². The monoisotopic (exact) mass is 479 g/mol. The van der Waals surface area contributed by atoms with Gasteiger partial charge in [0.25, 0.3) is 0 Å². The SMILES string of the molecule is COc1cccc(C2Nc3ccc(C)cc3C(OC(C)=O)C2(C)C)c1OCc1ccccc1Cl. The first kappa shape index (κ1) is 24.0. The van der Waals surface area contributed by atoms with Gasteiger partial charge in [0.2, 0.25) is 0 Å². The second kappa shape index (κ2) is 9.59. The molecule has 0 aliphatic carbocycles. The fourth-order valence-corrected chi connectivity index (χ4v) is 4.82. The van der Waals surface area contributed by atoms with Crippen LogP contribution >= 0.6 is 11.6 Å². The van der Waals surface area contributed by atoms with Gasteiger partial charge < -0.3 is 19.5 Å². The Morgan fingerprint density at radius 3 is 2.53 bits per heavy atom. The number of anilines is 1. The molecule has 5 nitrogen and oxygen atoms in total. The van der Waals surface area contributed by atoms with Gasteiger partial charge in [-0.15, -0.1) is 0 Å². The molecule has 6 heteroatoms. The first-order valence-corrected chi connectivity index (χ1v) is 11.7. The Bertz CT molecular complexity index is 1210. The van der Waals surface area contributed by atoms with Gasteiger partial charge in [-0.05, 0) is 25.1 Å². The molecule has 2 unspecified atom stereocenters. The number of aryl methyl sites for hydroxylation is 1. The number of nitrogens with one attached hydrogen (secondary N) is 1. The topological polar surface area (TPSA) is 56.8 Å². The molecule has 1 heterocycles. The van der Waals surface area contributed by atoms with Crippen LogP contribution in [0.15, 0.2) is 60.7 Å². The lowest BCUT2D eigenvalue weighted by Crippen LogP contribution is -2.40.